The molecular formula is C18H22N4O3. The average Bonchev–Trinajstić information content (AvgIpc) is 2.87. The highest BCUT2D eigenvalue weighted by molar-refractivity contribution is 5.92. The van der Waals surface area contributed by atoms with Gasteiger partial charge in [-0.2, -0.15) is 0 Å². The number of nitrogens with one attached hydrogen (secondary N) is 1. The third-order valence-electron chi connectivity index (χ3n) is 3.73. The Morgan fingerprint density at radius 3 is 2.96 bits per heavy atom. The predicted octanol–water partition coefficient (Wildman–Crippen LogP) is 2.22. The van der Waals surface area contributed by atoms with Gasteiger partial charge in [-0.1, -0.05) is 6.07 Å². The van der Waals surface area contributed by atoms with Crippen molar-refractivity contribution in [3.8, 4) is 17.4 Å². The van der Waals surface area contributed by atoms with E-state index in [1.165, 1.54) is 0 Å². The Hall–Kier alpha value is -2.96. The van der Waals surface area contributed by atoms with Crippen LogP contribution in [0.1, 0.15) is 12.0 Å². The van der Waals surface area contributed by atoms with Crippen molar-refractivity contribution >= 4 is 11.6 Å². The first-order valence-corrected chi connectivity index (χ1v) is 8.21. The van der Waals surface area contributed by atoms with Gasteiger partial charge in [0.25, 0.3) is 0 Å². The molecule has 0 spiro atoms. The molecule has 0 saturated carbocycles. The summed E-state index contributed by atoms with van der Waals surface area (Å²) in [5.41, 5.74) is 7.77. The average molecular weight is 342 g/mol. The Bertz CT molecular complexity index is 749. The highest BCUT2D eigenvalue weighted by atomic mass is 16.5. The van der Waals surface area contributed by atoms with Gasteiger partial charge in [0.1, 0.15) is 0 Å². The van der Waals surface area contributed by atoms with Crippen LogP contribution in [0, 0.1) is 0 Å². The number of hydrogen-bond donors (Lipinski definition) is 2. The van der Waals surface area contributed by atoms with E-state index < -0.39 is 0 Å². The van der Waals surface area contributed by atoms with E-state index in [9.17, 15) is 0 Å². The summed E-state index contributed by atoms with van der Waals surface area (Å²) in [6, 6.07) is 9.47. The van der Waals surface area contributed by atoms with Crippen LogP contribution in [-0.4, -0.2) is 37.8 Å². The lowest BCUT2D eigenvalue weighted by Crippen LogP contribution is -2.23. The van der Waals surface area contributed by atoms with Crippen molar-refractivity contribution in [2.24, 2.45) is 10.7 Å². The van der Waals surface area contributed by atoms with E-state index in [1.807, 2.05) is 30.3 Å². The van der Waals surface area contributed by atoms with Crippen molar-refractivity contribution in [2.75, 3.05) is 32.2 Å². The molecular weight excluding hydrogens is 320 g/mol. The summed E-state index contributed by atoms with van der Waals surface area (Å²) in [7, 11) is 1.61. The van der Waals surface area contributed by atoms with Crippen molar-refractivity contribution in [1.82, 2.24) is 4.98 Å². The minimum Gasteiger partial charge on any atom is -0.490 e. The normalized spacial score (nSPS) is 13.9. The fourth-order valence-electron chi connectivity index (χ4n) is 2.52. The summed E-state index contributed by atoms with van der Waals surface area (Å²) in [5, 5.41) is 3.07. The molecule has 0 aliphatic carbocycles. The number of aliphatic imine (C=N–C) groups is 1. The fourth-order valence-corrected chi connectivity index (χ4v) is 2.52. The Labute approximate surface area is 146 Å². The largest absolute Gasteiger partial charge is 0.490 e. The first-order chi connectivity index (χ1) is 12.3. The number of benzene rings is 1. The Kier molecular flexibility index (Phi) is 5.56. The standard InChI is InChI=1S/C18H22N4O3/c1-23-17-13(4-2-8-20-17)7-9-21-18(19)22-14-5-6-15-16(12-14)25-11-3-10-24-15/h2,4-6,8,12H,3,7,9-11H2,1H3,(H3,19,21,22). The van der Waals surface area contributed by atoms with Crippen LogP contribution in [-0.2, 0) is 6.42 Å². The highest BCUT2D eigenvalue weighted by Crippen LogP contribution is 2.32. The molecule has 0 fully saturated rings. The fraction of sp³-hybridized carbons (Fsp3) is 0.333. The second kappa shape index (κ2) is 8.23. The van der Waals surface area contributed by atoms with Crippen LogP contribution >= 0.6 is 0 Å². The molecule has 3 rings (SSSR count). The molecule has 132 valence electrons. The van der Waals surface area contributed by atoms with Crippen molar-refractivity contribution in [3.63, 3.8) is 0 Å². The monoisotopic (exact) mass is 342 g/mol. The smallest absolute Gasteiger partial charge is 0.216 e. The molecule has 7 nitrogen and oxygen atoms in total. The van der Waals surface area contributed by atoms with E-state index in [0.29, 0.717) is 38.0 Å². The summed E-state index contributed by atoms with van der Waals surface area (Å²) >= 11 is 0. The molecule has 2 aromatic rings. The number of aromatic nitrogens is 1. The topological polar surface area (TPSA) is 91.0 Å². The number of fused-ring (bicyclic) bond motifs is 1. The van der Waals surface area contributed by atoms with Gasteiger partial charge in [0, 0.05) is 36.5 Å². The number of guanidine groups is 1. The maximum Gasteiger partial charge on any atom is 0.216 e. The van der Waals surface area contributed by atoms with Crippen LogP contribution in [0.3, 0.4) is 0 Å². The van der Waals surface area contributed by atoms with Crippen LogP contribution in [0.4, 0.5) is 5.69 Å². The van der Waals surface area contributed by atoms with E-state index in [4.69, 9.17) is 19.9 Å². The summed E-state index contributed by atoms with van der Waals surface area (Å²) in [6.45, 7) is 1.85. The van der Waals surface area contributed by atoms with Gasteiger partial charge in [-0.15, -0.1) is 0 Å². The molecule has 7 heteroatoms. The zero-order chi connectivity index (χ0) is 17.5. The van der Waals surface area contributed by atoms with E-state index in [1.54, 1.807) is 13.3 Å². The summed E-state index contributed by atoms with van der Waals surface area (Å²) in [5.74, 6) is 2.43. The summed E-state index contributed by atoms with van der Waals surface area (Å²) in [4.78, 5) is 8.52. The van der Waals surface area contributed by atoms with Crippen molar-refractivity contribution in [2.45, 2.75) is 12.8 Å². The van der Waals surface area contributed by atoms with Gasteiger partial charge in [0.2, 0.25) is 5.88 Å². The van der Waals surface area contributed by atoms with E-state index in [-0.39, 0.29) is 0 Å². The number of rotatable bonds is 5. The molecule has 0 radical (unpaired) electrons. The maximum absolute atomic E-state index is 5.97. The number of ether oxygens (including phenoxy) is 3. The molecule has 0 atom stereocenters. The lowest BCUT2D eigenvalue weighted by molar-refractivity contribution is 0.297. The molecule has 1 aliphatic heterocycles. The molecule has 0 bridgehead atoms. The predicted molar refractivity (Wildman–Crippen MR) is 96.7 cm³/mol. The first kappa shape index (κ1) is 16.9. The van der Waals surface area contributed by atoms with Gasteiger partial charge < -0.3 is 25.3 Å². The molecule has 1 aromatic heterocycles. The summed E-state index contributed by atoms with van der Waals surface area (Å²) in [6.07, 6.45) is 3.27. The number of pyridine rings is 1. The quantitative estimate of drug-likeness (QED) is 0.639. The first-order valence-electron chi connectivity index (χ1n) is 8.21. The zero-order valence-electron chi connectivity index (χ0n) is 14.2. The van der Waals surface area contributed by atoms with Gasteiger partial charge in [-0.05, 0) is 24.6 Å². The van der Waals surface area contributed by atoms with Gasteiger partial charge in [-0.25, -0.2) is 4.98 Å². The number of anilines is 1. The van der Waals surface area contributed by atoms with E-state index in [2.05, 4.69) is 15.3 Å². The molecule has 3 N–H and O–H groups in total. The minimum atomic E-state index is 0.345. The van der Waals surface area contributed by atoms with Crippen molar-refractivity contribution in [3.05, 3.63) is 42.1 Å². The number of hydrogen-bond acceptors (Lipinski definition) is 5. The lowest BCUT2D eigenvalue weighted by atomic mass is 10.2. The van der Waals surface area contributed by atoms with Crippen molar-refractivity contribution < 1.29 is 14.2 Å². The van der Waals surface area contributed by atoms with Crippen LogP contribution in [0.25, 0.3) is 0 Å². The molecule has 2 heterocycles. The summed E-state index contributed by atoms with van der Waals surface area (Å²) < 4.78 is 16.5. The third kappa shape index (κ3) is 4.53. The highest BCUT2D eigenvalue weighted by Gasteiger charge is 2.11. The zero-order valence-corrected chi connectivity index (χ0v) is 14.2. The van der Waals surface area contributed by atoms with Gasteiger partial charge >= 0.3 is 0 Å². The Morgan fingerprint density at radius 2 is 2.12 bits per heavy atom. The van der Waals surface area contributed by atoms with Gasteiger partial charge in [0.15, 0.2) is 17.5 Å². The van der Waals surface area contributed by atoms with Gasteiger partial charge in [0.05, 0.1) is 20.3 Å². The molecule has 0 unspecified atom stereocenters. The van der Waals surface area contributed by atoms with Gasteiger partial charge in [-0.3, -0.25) is 4.99 Å². The van der Waals surface area contributed by atoms with Crippen LogP contribution in [0.5, 0.6) is 17.4 Å². The van der Waals surface area contributed by atoms with Crippen molar-refractivity contribution in [1.29, 1.82) is 0 Å². The number of nitrogens with zero attached hydrogens (tertiary/aromatic N) is 2. The molecule has 0 saturated heterocycles. The van der Waals surface area contributed by atoms with Crippen LogP contribution in [0.2, 0.25) is 0 Å². The second-order valence-electron chi connectivity index (χ2n) is 5.53. The molecule has 1 aromatic carbocycles. The van der Waals surface area contributed by atoms with E-state index >= 15 is 0 Å². The second-order valence-corrected chi connectivity index (χ2v) is 5.53. The lowest BCUT2D eigenvalue weighted by Gasteiger charge is -2.11. The number of nitrogens with two attached hydrogens (primary N) is 1. The minimum absolute atomic E-state index is 0.345. The van der Waals surface area contributed by atoms with Crippen LogP contribution < -0.4 is 25.3 Å². The van der Waals surface area contributed by atoms with E-state index in [0.717, 1.165) is 29.2 Å². The third-order valence-corrected chi connectivity index (χ3v) is 3.73. The van der Waals surface area contributed by atoms with Crippen LogP contribution in [0.15, 0.2) is 41.5 Å². The molecule has 25 heavy (non-hydrogen) atoms. The Morgan fingerprint density at radius 1 is 1.28 bits per heavy atom. The number of methoxy groups -OCH3 is 1. The maximum atomic E-state index is 5.97. The molecule has 0 amide bonds. The molecule has 1 aliphatic rings. The SMILES string of the molecule is COc1ncccc1CCN=C(N)Nc1ccc2c(c1)OCCCO2. The Balaban J connectivity index is 1.59.